The van der Waals surface area contributed by atoms with Crippen molar-refractivity contribution in [3.8, 4) is 0 Å². The van der Waals surface area contributed by atoms with Crippen molar-refractivity contribution in [2.45, 2.75) is 31.7 Å². The van der Waals surface area contributed by atoms with Gasteiger partial charge >= 0.3 is 0 Å². The summed E-state index contributed by atoms with van der Waals surface area (Å²) in [5.41, 5.74) is 4.30. The van der Waals surface area contributed by atoms with Gasteiger partial charge in [-0.25, -0.2) is 0 Å². The van der Waals surface area contributed by atoms with E-state index in [4.69, 9.17) is 0 Å². The summed E-state index contributed by atoms with van der Waals surface area (Å²) in [6, 6.07) is 14.0. The zero-order valence-corrected chi connectivity index (χ0v) is 14.7. The van der Waals surface area contributed by atoms with Crippen molar-refractivity contribution < 1.29 is 4.79 Å². The van der Waals surface area contributed by atoms with Gasteiger partial charge in [0.05, 0.1) is 11.6 Å². The van der Waals surface area contributed by atoms with E-state index in [1.807, 2.05) is 37.3 Å². The Balaban J connectivity index is 2.17. The Morgan fingerprint density at radius 1 is 1.26 bits per heavy atom. The summed E-state index contributed by atoms with van der Waals surface area (Å²) in [5.74, 6) is 0.751. The molecule has 0 aliphatic carbocycles. The first kappa shape index (κ1) is 17.4. The summed E-state index contributed by atoms with van der Waals surface area (Å²) in [5, 5.41) is 3.11. The Labute approximate surface area is 143 Å². The third kappa shape index (κ3) is 4.49. The fraction of sp³-hybridized carbons (Fsp3) is 0.250. The van der Waals surface area contributed by atoms with Crippen LogP contribution in [0, 0.1) is 13.8 Å². The second-order valence-electron chi connectivity index (χ2n) is 5.65. The molecule has 0 aromatic heterocycles. The van der Waals surface area contributed by atoms with Crippen LogP contribution < -0.4 is 5.32 Å². The normalized spacial score (nSPS) is 11.8. The quantitative estimate of drug-likeness (QED) is 0.593. The second kappa shape index (κ2) is 8.02. The molecule has 0 aliphatic rings. The van der Waals surface area contributed by atoms with Gasteiger partial charge in [0.15, 0.2) is 0 Å². The number of hydrogen-bond donors (Lipinski definition) is 1. The van der Waals surface area contributed by atoms with Crippen molar-refractivity contribution in [3.05, 3.63) is 77.4 Å². The van der Waals surface area contributed by atoms with Crippen molar-refractivity contribution in [1.29, 1.82) is 0 Å². The zero-order chi connectivity index (χ0) is 16.8. The van der Waals surface area contributed by atoms with Gasteiger partial charge in [-0.2, -0.15) is 0 Å². The lowest BCUT2D eigenvalue weighted by molar-refractivity contribution is 0.0937. The minimum absolute atomic E-state index is 0.0273. The molecule has 0 radical (unpaired) electrons. The largest absolute Gasteiger partial charge is 0.345 e. The molecule has 0 aliphatic heterocycles. The highest BCUT2D eigenvalue weighted by Gasteiger charge is 2.15. The average Bonchev–Trinajstić information content (AvgIpc) is 2.52. The van der Waals surface area contributed by atoms with E-state index in [1.54, 1.807) is 11.8 Å². The molecule has 0 saturated heterocycles. The third-order valence-corrected chi connectivity index (χ3v) is 4.80. The van der Waals surface area contributed by atoms with Gasteiger partial charge in [-0.1, -0.05) is 42.0 Å². The van der Waals surface area contributed by atoms with Gasteiger partial charge in [0.1, 0.15) is 0 Å². The van der Waals surface area contributed by atoms with Gasteiger partial charge in [0.2, 0.25) is 0 Å². The summed E-state index contributed by atoms with van der Waals surface area (Å²) in [7, 11) is 0. The summed E-state index contributed by atoms with van der Waals surface area (Å²) in [6.07, 6.45) is 1.84. The first-order chi connectivity index (χ1) is 11.0. The molecule has 2 aromatic rings. The highest BCUT2D eigenvalue weighted by molar-refractivity contribution is 7.99. The summed E-state index contributed by atoms with van der Waals surface area (Å²) < 4.78 is 0. The van der Waals surface area contributed by atoms with Crippen molar-refractivity contribution in [1.82, 2.24) is 5.32 Å². The van der Waals surface area contributed by atoms with Gasteiger partial charge in [-0.15, -0.1) is 18.3 Å². The predicted molar refractivity (Wildman–Crippen MR) is 99.2 cm³/mol. The van der Waals surface area contributed by atoms with E-state index in [9.17, 15) is 4.79 Å². The maximum absolute atomic E-state index is 12.6. The number of nitrogens with one attached hydrogen (secondary N) is 1. The van der Waals surface area contributed by atoms with E-state index in [1.165, 1.54) is 11.1 Å². The van der Waals surface area contributed by atoms with E-state index in [-0.39, 0.29) is 11.9 Å². The van der Waals surface area contributed by atoms with E-state index in [2.05, 4.69) is 43.9 Å². The van der Waals surface area contributed by atoms with Crippen LogP contribution in [0.4, 0.5) is 0 Å². The SMILES string of the molecule is C=CCSc1ccccc1C(=O)NC(C)c1ccc(C)cc1C. The summed E-state index contributed by atoms with van der Waals surface area (Å²) in [6.45, 7) is 9.92. The highest BCUT2D eigenvalue weighted by atomic mass is 32.2. The van der Waals surface area contributed by atoms with Crippen LogP contribution in [0.15, 0.2) is 60.0 Å². The molecule has 0 heterocycles. The van der Waals surface area contributed by atoms with Crippen LogP contribution in [0.25, 0.3) is 0 Å². The van der Waals surface area contributed by atoms with Crippen LogP contribution in [0.1, 0.15) is 40.0 Å². The lowest BCUT2D eigenvalue weighted by Crippen LogP contribution is -2.27. The Bertz CT molecular complexity index is 709. The number of rotatable bonds is 6. The number of aryl methyl sites for hydroxylation is 2. The molecule has 1 N–H and O–H groups in total. The van der Waals surface area contributed by atoms with E-state index >= 15 is 0 Å². The van der Waals surface area contributed by atoms with Gasteiger partial charge in [0, 0.05) is 10.6 Å². The number of benzene rings is 2. The maximum atomic E-state index is 12.6. The number of amides is 1. The number of thioether (sulfide) groups is 1. The fourth-order valence-corrected chi connectivity index (χ4v) is 3.38. The van der Waals surface area contributed by atoms with Crippen LogP contribution in [0.3, 0.4) is 0 Å². The number of carbonyl (C=O) groups excluding carboxylic acids is 1. The van der Waals surface area contributed by atoms with Crippen LogP contribution in [0.2, 0.25) is 0 Å². The molecule has 2 nitrogen and oxygen atoms in total. The molecule has 1 atom stereocenters. The number of hydrogen-bond acceptors (Lipinski definition) is 2. The van der Waals surface area contributed by atoms with Gasteiger partial charge < -0.3 is 5.32 Å². The molecule has 3 heteroatoms. The Kier molecular flexibility index (Phi) is 6.05. The minimum atomic E-state index is -0.0374. The first-order valence-corrected chi connectivity index (χ1v) is 8.72. The van der Waals surface area contributed by atoms with Crippen molar-refractivity contribution in [2.75, 3.05) is 5.75 Å². The van der Waals surface area contributed by atoms with E-state index in [0.29, 0.717) is 0 Å². The molecule has 0 fully saturated rings. The zero-order valence-electron chi connectivity index (χ0n) is 13.9. The first-order valence-electron chi connectivity index (χ1n) is 7.73. The smallest absolute Gasteiger partial charge is 0.252 e. The third-order valence-electron chi connectivity index (χ3n) is 3.73. The molecule has 1 unspecified atom stereocenters. The summed E-state index contributed by atoms with van der Waals surface area (Å²) in [4.78, 5) is 13.6. The Hall–Kier alpha value is -2.00. The second-order valence-corrected chi connectivity index (χ2v) is 6.71. The molecule has 1 amide bonds. The topological polar surface area (TPSA) is 29.1 Å². The highest BCUT2D eigenvalue weighted by Crippen LogP contribution is 2.24. The molecule has 2 aromatic carbocycles. The lowest BCUT2D eigenvalue weighted by Gasteiger charge is -2.18. The molecule has 23 heavy (non-hydrogen) atoms. The Morgan fingerprint density at radius 3 is 2.70 bits per heavy atom. The van der Waals surface area contributed by atoms with Crippen molar-refractivity contribution in [3.63, 3.8) is 0 Å². The van der Waals surface area contributed by atoms with Gasteiger partial charge in [-0.3, -0.25) is 4.79 Å². The van der Waals surface area contributed by atoms with Gasteiger partial charge in [-0.05, 0) is 44.0 Å². The van der Waals surface area contributed by atoms with Crippen LogP contribution in [-0.4, -0.2) is 11.7 Å². The number of carbonyl (C=O) groups is 1. The van der Waals surface area contributed by atoms with Crippen LogP contribution in [-0.2, 0) is 0 Å². The fourth-order valence-electron chi connectivity index (χ4n) is 2.59. The molecule has 0 saturated carbocycles. The molecule has 0 bridgehead atoms. The monoisotopic (exact) mass is 325 g/mol. The molecular formula is C20H23NOS. The van der Waals surface area contributed by atoms with Crippen LogP contribution in [0.5, 0.6) is 0 Å². The molecule has 0 spiro atoms. The maximum Gasteiger partial charge on any atom is 0.252 e. The standard InChI is InChI=1S/C20H23NOS/c1-5-12-23-19-9-7-6-8-18(19)20(22)21-16(4)17-11-10-14(2)13-15(17)3/h5-11,13,16H,1,12H2,2-4H3,(H,21,22). The summed E-state index contributed by atoms with van der Waals surface area (Å²) >= 11 is 1.62. The minimum Gasteiger partial charge on any atom is -0.345 e. The van der Waals surface area contributed by atoms with Crippen LogP contribution >= 0.6 is 11.8 Å². The van der Waals surface area contributed by atoms with E-state index < -0.39 is 0 Å². The van der Waals surface area contributed by atoms with Crippen molar-refractivity contribution in [2.24, 2.45) is 0 Å². The average molecular weight is 325 g/mol. The molecule has 120 valence electrons. The molecule has 2 rings (SSSR count). The predicted octanol–water partition coefficient (Wildman–Crippen LogP) is 5.07. The lowest BCUT2D eigenvalue weighted by atomic mass is 10.00. The molecular weight excluding hydrogens is 302 g/mol. The van der Waals surface area contributed by atoms with Crippen molar-refractivity contribution >= 4 is 17.7 Å². The van der Waals surface area contributed by atoms with E-state index in [0.717, 1.165) is 21.8 Å². The van der Waals surface area contributed by atoms with Gasteiger partial charge in [0.25, 0.3) is 5.91 Å². The Morgan fingerprint density at radius 2 is 2.00 bits per heavy atom.